The fourth-order valence-electron chi connectivity index (χ4n) is 0.952. The van der Waals surface area contributed by atoms with E-state index >= 15 is 0 Å². The quantitative estimate of drug-likeness (QED) is 0.739. The van der Waals surface area contributed by atoms with Gasteiger partial charge in [0.05, 0.1) is 5.02 Å². The summed E-state index contributed by atoms with van der Waals surface area (Å²) < 4.78 is 30.3. The summed E-state index contributed by atoms with van der Waals surface area (Å²) in [5.74, 6) is 0. The molecule has 0 bridgehead atoms. The number of halogens is 1. The van der Waals surface area contributed by atoms with Crippen molar-refractivity contribution in [1.29, 1.82) is 0 Å². The first-order valence-corrected chi connectivity index (χ1v) is 5.38. The van der Waals surface area contributed by atoms with Crippen molar-refractivity contribution in [3.8, 4) is 0 Å². The summed E-state index contributed by atoms with van der Waals surface area (Å²) in [7, 11) is -4.20. The van der Waals surface area contributed by atoms with Crippen LogP contribution in [0.5, 0.6) is 0 Å². The molecule has 72 valence electrons. The van der Waals surface area contributed by atoms with Gasteiger partial charge in [0.15, 0.2) is 0 Å². The predicted octanol–water partition coefficient (Wildman–Crippen LogP) is 2.20. The monoisotopic (exact) mass is 220 g/mol. The fraction of sp³-hybridized carbons (Fsp3) is 0.250. The van der Waals surface area contributed by atoms with E-state index < -0.39 is 10.1 Å². The van der Waals surface area contributed by atoms with Crippen molar-refractivity contribution >= 4 is 21.7 Å². The van der Waals surface area contributed by atoms with Crippen molar-refractivity contribution in [2.75, 3.05) is 0 Å². The molecule has 0 radical (unpaired) electrons. The SMILES string of the molecule is Cc1cc(Cl)c(S(=O)(=O)O)cc1C. The zero-order valence-corrected chi connectivity index (χ0v) is 8.78. The number of hydrogen-bond donors (Lipinski definition) is 1. The van der Waals surface area contributed by atoms with Gasteiger partial charge < -0.3 is 0 Å². The highest BCUT2D eigenvalue weighted by Gasteiger charge is 2.15. The minimum atomic E-state index is -4.20. The maximum atomic E-state index is 10.8. The second-order valence-electron chi connectivity index (χ2n) is 2.84. The van der Waals surface area contributed by atoms with E-state index in [2.05, 4.69) is 0 Å². The van der Waals surface area contributed by atoms with Gasteiger partial charge in [0.2, 0.25) is 0 Å². The second-order valence-corrected chi connectivity index (χ2v) is 4.64. The van der Waals surface area contributed by atoms with Crippen LogP contribution in [-0.2, 0) is 10.1 Å². The van der Waals surface area contributed by atoms with Gasteiger partial charge in [-0.25, -0.2) is 0 Å². The molecule has 1 rings (SSSR count). The van der Waals surface area contributed by atoms with Gasteiger partial charge in [-0.3, -0.25) is 4.55 Å². The molecule has 0 aliphatic carbocycles. The standard InChI is InChI=1S/C8H9ClO3S/c1-5-3-7(9)8(4-6(5)2)13(10,11)12/h3-4H,1-2H3,(H,10,11,12). The van der Waals surface area contributed by atoms with Gasteiger partial charge in [0, 0.05) is 0 Å². The minimum Gasteiger partial charge on any atom is -0.282 e. The maximum Gasteiger partial charge on any atom is 0.296 e. The van der Waals surface area contributed by atoms with Crippen molar-refractivity contribution in [1.82, 2.24) is 0 Å². The molecule has 1 aromatic rings. The summed E-state index contributed by atoms with van der Waals surface area (Å²) in [5, 5.41) is 0.0469. The smallest absolute Gasteiger partial charge is 0.282 e. The first kappa shape index (κ1) is 10.5. The summed E-state index contributed by atoms with van der Waals surface area (Å²) in [6, 6.07) is 2.87. The molecule has 3 nitrogen and oxygen atoms in total. The van der Waals surface area contributed by atoms with E-state index in [1.54, 1.807) is 6.92 Å². The van der Waals surface area contributed by atoms with E-state index in [0.29, 0.717) is 0 Å². The van der Waals surface area contributed by atoms with Crippen LogP contribution in [0.1, 0.15) is 11.1 Å². The molecule has 13 heavy (non-hydrogen) atoms. The molecular formula is C8H9ClO3S. The van der Waals surface area contributed by atoms with Gasteiger partial charge in [-0.05, 0) is 37.1 Å². The second kappa shape index (κ2) is 3.29. The van der Waals surface area contributed by atoms with Crippen molar-refractivity contribution < 1.29 is 13.0 Å². The van der Waals surface area contributed by atoms with Crippen LogP contribution in [0.3, 0.4) is 0 Å². The van der Waals surface area contributed by atoms with Crippen molar-refractivity contribution in [3.63, 3.8) is 0 Å². The highest BCUT2D eigenvalue weighted by Crippen LogP contribution is 2.24. The molecule has 0 spiro atoms. The van der Waals surface area contributed by atoms with Crippen molar-refractivity contribution in [2.45, 2.75) is 18.7 Å². The zero-order chi connectivity index (χ0) is 10.2. The van der Waals surface area contributed by atoms with E-state index in [1.807, 2.05) is 6.92 Å². The van der Waals surface area contributed by atoms with E-state index in [1.165, 1.54) is 12.1 Å². The molecule has 0 fully saturated rings. The first-order valence-electron chi connectivity index (χ1n) is 3.56. The summed E-state index contributed by atoms with van der Waals surface area (Å²) in [5.41, 5.74) is 1.66. The van der Waals surface area contributed by atoms with E-state index in [4.69, 9.17) is 16.2 Å². The molecule has 0 atom stereocenters. The van der Waals surface area contributed by atoms with E-state index in [-0.39, 0.29) is 9.92 Å². The molecular weight excluding hydrogens is 212 g/mol. The van der Waals surface area contributed by atoms with Crippen LogP contribution in [0.4, 0.5) is 0 Å². The molecule has 0 aliphatic rings. The Bertz CT molecular complexity index is 437. The van der Waals surface area contributed by atoms with Gasteiger partial charge in [-0.2, -0.15) is 8.42 Å². The Morgan fingerprint density at radius 1 is 1.23 bits per heavy atom. The van der Waals surface area contributed by atoms with Crippen LogP contribution in [0.2, 0.25) is 5.02 Å². The van der Waals surface area contributed by atoms with Gasteiger partial charge in [-0.15, -0.1) is 0 Å². The summed E-state index contributed by atoms with van der Waals surface area (Å²) in [6.45, 7) is 3.56. The molecule has 0 unspecified atom stereocenters. The summed E-state index contributed by atoms with van der Waals surface area (Å²) >= 11 is 5.65. The van der Waals surface area contributed by atoms with Crippen LogP contribution in [0.15, 0.2) is 17.0 Å². The van der Waals surface area contributed by atoms with Crippen LogP contribution in [-0.4, -0.2) is 13.0 Å². The van der Waals surface area contributed by atoms with Crippen LogP contribution in [0, 0.1) is 13.8 Å². The lowest BCUT2D eigenvalue weighted by Gasteiger charge is -2.04. The molecule has 0 saturated heterocycles. The van der Waals surface area contributed by atoms with Crippen LogP contribution in [0.25, 0.3) is 0 Å². The van der Waals surface area contributed by atoms with E-state index in [9.17, 15) is 8.42 Å². The van der Waals surface area contributed by atoms with Crippen molar-refractivity contribution in [2.24, 2.45) is 0 Å². The number of hydrogen-bond acceptors (Lipinski definition) is 2. The number of benzene rings is 1. The third-order valence-corrected chi connectivity index (χ3v) is 3.14. The third kappa shape index (κ3) is 2.21. The van der Waals surface area contributed by atoms with E-state index in [0.717, 1.165) is 11.1 Å². The predicted molar refractivity (Wildman–Crippen MR) is 50.7 cm³/mol. The first-order chi connectivity index (χ1) is 5.82. The Kier molecular flexibility index (Phi) is 2.66. The molecule has 1 N–H and O–H groups in total. The van der Waals surface area contributed by atoms with Crippen molar-refractivity contribution in [3.05, 3.63) is 28.3 Å². The van der Waals surface area contributed by atoms with Crippen LogP contribution >= 0.6 is 11.6 Å². The fourth-order valence-corrected chi connectivity index (χ4v) is 2.09. The summed E-state index contributed by atoms with van der Waals surface area (Å²) in [6.07, 6.45) is 0. The number of aryl methyl sites for hydroxylation is 2. The van der Waals surface area contributed by atoms with Gasteiger partial charge in [0.1, 0.15) is 4.90 Å². The average molecular weight is 221 g/mol. The molecule has 0 aromatic heterocycles. The van der Waals surface area contributed by atoms with Gasteiger partial charge in [-0.1, -0.05) is 11.6 Å². The lowest BCUT2D eigenvalue weighted by molar-refractivity contribution is 0.483. The molecule has 1 aromatic carbocycles. The average Bonchev–Trinajstić information content (AvgIpc) is 1.94. The highest BCUT2D eigenvalue weighted by molar-refractivity contribution is 7.86. The lowest BCUT2D eigenvalue weighted by Crippen LogP contribution is -2.00. The molecule has 5 heteroatoms. The molecule has 0 heterocycles. The topological polar surface area (TPSA) is 54.4 Å². The Morgan fingerprint density at radius 2 is 1.69 bits per heavy atom. The molecule has 0 saturated carbocycles. The minimum absolute atomic E-state index is 0.0469. The molecule has 0 aliphatic heterocycles. The van der Waals surface area contributed by atoms with Gasteiger partial charge >= 0.3 is 0 Å². The largest absolute Gasteiger partial charge is 0.296 e. The summed E-state index contributed by atoms with van der Waals surface area (Å²) in [4.78, 5) is -0.239. The Labute approximate surface area is 82.1 Å². The molecule has 0 amide bonds. The van der Waals surface area contributed by atoms with Gasteiger partial charge in [0.25, 0.3) is 10.1 Å². The third-order valence-electron chi connectivity index (χ3n) is 1.83. The lowest BCUT2D eigenvalue weighted by atomic mass is 10.1. The maximum absolute atomic E-state index is 10.8. The zero-order valence-electron chi connectivity index (χ0n) is 7.20. The van der Waals surface area contributed by atoms with Crippen LogP contribution < -0.4 is 0 Å². The number of rotatable bonds is 1. The normalized spacial score (nSPS) is 11.7. The Hall–Kier alpha value is -0.580. The highest BCUT2D eigenvalue weighted by atomic mass is 35.5. The Balaban J connectivity index is 3.50. The Morgan fingerprint density at radius 3 is 2.15 bits per heavy atom.